The molecule has 1 saturated carbocycles. The first kappa shape index (κ1) is 8.02. The average Bonchev–Trinajstić information content (AvgIpc) is 2.12. The van der Waals surface area contributed by atoms with Gasteiger partial charge < -0.3 is 10.8 Å². The van der Waals surface area contributed by atoms with Crippen molar-refractivity contribution in [2.45, 2.75) is 38.1 Å². The van der Waals surface area contributed by atoms with Crippen LogP contribution < -0.4 is 5.73 Å². The predicted molar refractivity (Wildman–Crippen MR) is 41.6 cm³/mol. The van der Waals surface area contributed by atoms with Gasteiger partial charge in [0.2, 0.25) is 0 Å². The van der Waals surface area contributed by atoms with E-state index >= 15 is 0 Å². The SMILES string of the molecule is CC1CCC(N)(CCO)C1. The third-order valence-electron chi connectivity index (χ3n) is 2.50. The van der Waals surface area contributed by atoms with Gasteiger partial charge in [-0.3, -0.25) is 0 Å². The number of aliphatic hydroxyl groups excluding tert-OH is 1. The highest BCUT2D eigenvalue weighted by Crippen LogP contribution is 2.34. The first-order valence-electron chi connectivity index (χ1n) is 4.06. The molecule has 3 N–H and O–H groups in total. The van der Waals surface area contributed by atoms with Crippen LogP contribution in [0.25, 0.3) is 0 Å². The second-order valence-corrected chi connectivity index (χ2v) is 3.68. The molecule has 2 unspecified atom stereocenters. The number of hydrogen-bond donors (Lipinski definition) is 2. The third kappa shape index (κ3) is 1.70. The maximum Gasteiger partial charge on any atom is 0.0448 e. The molecule has 1 rings (SSSR count). The molecule has 0 aliphatic heterocycles. The zero-order chi connectivity index (χ0) is 7.61. The highest BCUT2D eigenvalue weighted by atomic mass is 16.3. The number of nitrogens with two attached hydrogens (primary N) is 1. The van der Waals surface area contributed by atoms with Crippen molar-refractivity contribution in [3.8, 4) is 0 Å². The standard InChI is InChI=1S/C8H17NO/c1-7-2-3-8(9,6-7)4-5-10/h7,10H,2-6,9H2,1H3. The molecule has 60 valence electrons. The molecular weight excluding hydrogens is 126 g/mol. The van der Waals surface area contributed by atoms with Gasteiger partial charge in [-0.2, -0.15) is 0 Å². The molecule has 0 aromatic heterocycles. The molecule has 0 radical (unpaired) electrons. The lowest BCUT2D eigenvalue weighted by atomic mass is 9.94. The lowest BCUT2D eigenvalue weighted by Gasteiger charge is -2.22. The van der Waals surface area contributed by atoms with E-state index in [1.54, 1.807) is 0 Å². The Hall–Kier alpha value is -0.0800. The molecule has 10 heavy (non-hydrogen) atoms. The van der Waals surface area contributed by atoms with Crippen LogP contribution in [0.2, 0.25) is 0 Å². The predicted octanol–water partition coefficient (Wildman–Crippen LogP) is 0.886. The van der Waals surface area contributed by atoms with Gasteiger partial charge in [0, 0.05) is 12.1 Å². The van der Waals surface area contributed by atoms with Gasteiger partial charge in [-0.05, 0) is 31.6 Å². The zero-order valence-corrected chi connectivity index (χ0v) is 6.64. The van der Waals surface area contributed by atoms with Crippen molar-refractivity contribution in [2.75, 3.05) is 6.61 Å². The Morgan fingerprint density at radius 2 is 2.40 bits per heavy atom. The molecule has 0 amide bonds. The fourth-order valence-corrected chi connectivity index (χ4v) is 1.88. The third-order valence-corrected chi connectivity index (χ3v) is 2.50. The number of rotatable bonds is 2. The van der Waals surface area contributed by atoms with Crippen LogP contribution in [-0.2, 0) is 0 Å². The molecule has 0 bridgehead atoms. The van der Waals surface area contributed by atoms with E-state index in [4.69, 9.17) is 10.8 Å². The quantitative estimate of drug-likeness (QED) is 0.603. The molecule has 1 aliphatic carbocycles. The first-order valence-corrected chi connectivity index (χ1v) is 4.06. The molecule has 2 heteroatoms. The Balaban J connectivity index is 2.38. The normalized spacial score (nSPS) is 40.5. The van der Waals surface area contributed by atoms with Crippen molar-refractivity contribution in [3.05, 3.63) is 0 Å². The lowest BCUT2D eigenvalue weighted by molar-refractivity contribution is 0.237. The molecule has 1 aliphatic rings. The maximum absolute atomic E-state index is 8.70. The van der Waals surface area contributed by atoms with Crippen molar-refractivity contribution in [2.24, 2.45) is 11.7 Å². The van der Waals surface area contributed by atoms with E-state index in [-0.39, 0.29) is 12.1 Å². The molecule has 1 fully saturated rings. The maximum atomic E-state index is 8.70. The number of hydrogen-bond acceptors (Lipinski definition) is 2. The minimum atomic E-state index is -0.0336. The fourth-order valence-electron chi connectivity index (χ4n) is 1.88. The topological polar surface area (TPSA) is 46.2 Å². The Kier molecular flexibility index (Phi) is 2.32. The van der Waals surface area contributed by atoms with E-state index in [9.17, 15) is 0 Å². The van der Waals surface area contributed by atoms with Gasteiger partial charge in [-0.15, -0.1) is 0 Å². The first-order chi connectivity index (χ1) is 4.66. The second kappa shape index (κ2) is 2.89. The van der Waals surface area contributed by atoms with Crippen LogP contribution in [0.3, 0.4) is 0 Å². The van der Waals surface area contributed by atoms with Gasteiger partial charge >= 0.3 is 0 Å². The van der Waals surface area contributed by atoms with Gasteiger partial charge in [-0.1, -0.05) is 6.92 Å². The molecule has 0 spiro atoms. The smallest absolute Gasteiger partial charge is 0.0448 e. The highest BCUT2D eigenvalue weighted by Gasteiger charge is 2.32. The van der Waals surface area contributed by atoms with Gasteiger partial charge in [-0.25, -0.2) is 0 Å². The molecular formula is C8H17NO. The summed E-state index contributed by atoms with van der Waals surface area (Å²) in [5, 5.41) is 8.70. The van der Waals surface area contributed by atoms with E-state index in [1.165, 1.54) is 6.42 Å². The summed E-state index contributed by atoms with van der Waals surface area (Å²) in [5.41, 5.74) is 5.97. The molecule has 0 aromatic rings. The average molecular weight is 143 g/mol. The van der Waals surface area contributed by atoms with E-state index in [2.05, 4.69) is 6.92 Å². The van der Waals surface area contributed by atoms with Crippen LogP contribution in [0, 0.1) is 5.92 Å². The van der Waals surface area contributed by atoms with Crippen LogP contribution in [0.1, 0.15) is 32.6 Å². The largest absolute Gasteiger partial charge is 0.396 e. The Labute approximate surface area is 62.4 Å². The highest BCUT2D eigenvalue weighted by molar-refractivity contribution is 4.91. The zero-order valence-electron chi connectivity index (χ0n) is 6.64. The van der Waals surface area contributed by atoms with E-state index in [0.29, 0.717) is 0 Å². The van der Waals surface area contributed by atoms with Crippen molar-refractivity contribution in [1.82, 2.24) is 0 Å². The van der Waals surface area contributed by atoms with Crippen LogP contribution in [0.5, 0.6) is 0 Å². The van der Waals surface area contributed by atoms with Gasteiger partial charge in [0.1, 0.15) is 0 Å². The minimum absolute atomic E-state index is 0.0336. The molecule has 0 heterocycles. The van der Waals surface area contributed by atoms with E-state index in [1.807, 2.05) is 0 Å². The Morgan fingerprint density at radius 3 is 2.80 bits per heavy atom. The summed E-state index contributed by atoms with van der Waals surface area (Å²) in [6.07, 6.45) is 4.19. The Bertz CT molecular complexity index is 112. The number of aliphatic hydroxyl groups is 1. The van der Waals surface area contributed by atoms with Crippen molar-refractivity contribution < 1.29 is 5.11 Å². The van der Waals surface area contributed by atoms with Crippen molar-refractivity contribution in [1.29, 1.82) is 0 Å². The lowest BCUT2D eigenvalue weighted by Crippen LogP contribution is -2.37. The second-order valence-electron chi connectivity index (χ2n) is 3.68. The Morgan fingerprint density at radius 1 is 1.70 bits per heavy atom. The summed E-state index contributed by atoms with van der Waals surface area (Å²) < 4.78 is 0. The summed E-state index contributed by atoms with van der Waals surface area (Å²) >= 11 is 0. The fraction of sp³-hybridized carbons (Fsp3) is 1.00. The van der Waals surface area contributed by atoms with Crippen LogP contribution in [0.4, 0.5) is 0 Å². The van der Waals surface area contributed by atoms with E-state index < -0.39 is 0 Å². The summed E-state index contributed by atoms with van der Waals surface area (Å²) in [6, 6.07) is 0. The van der Waals surface area contributed by atoms with Crippen LogP contribution in [0.15, 0.2) is 0 Å². The van der Waals surface area contributed by atoms with Gasteiger partial charge in [0.15, 0.2) is 0 Å². The molecule has 0 aromatic carbocycles. The molecule has 2 atom stereocenters. The van der Waals surface area contributed by atoms with Crippen LogP contribution in [-0.4, -0.2) is 17.3 Å². The van der Waals surface area contributed by atoms with Crippen molar-refractivity contribution in [3.63, 3.8) is 0 Å². The van der Waals surface area contributed by atoms with Crippen LogP contribution >= 0.6 is 0 Å². The monoisotopic (exact) mass is 143 g/mol. The molecule has 2 nitrogen and oxygen atoms in total. The van der Waals surface area contributed by atoms with Crippen molar-refractivity contribution >= 4 is 0 Å². The summed E-state index contributed by atoms with van der Waals surface area (Å²) in [5.74, 6) is 0.761. The van der Waals surface area contributed by atoms with E-state index in [0.717, 1.165) is 25.2 Å². The summed E-state index contributed by atoms with van der Waals surface area (Å²) in [6.45, 7) is 2.47. The summed E-state index contributed by atoms with van der Waals surface area (Å²) in [4.78, 5) is 0. The molecule has 0 saturated heterocycles. The van der Waals surface area contributed by atoms with Gasteiger partial charge in [0.25, 0.3) is 0 Å². The van der Waals surface area contributed by atoms with Gasteiger partial charge in [0.05, 0.1) is 0 Å². The minimum Gasteiger partial charge on any atom is -0.396 e. The summed E-state index contributed by atoms with van der Waals surface area (Å²) in [7, 11) is 0.